The van der Waals surface area contributed by atoms with Crippen molar-refractivity contribution in [1.82, 2.24) is 4.57 Å². The van der Waals surface area contributed by atoms with Crippen molar-refractivity contribution in [3.05, 3.63) is 65.9 Å². The van der Waals surface area contributed by atoms with Gasteiger partial charge in [0, 0.05) is 12.4 Å². The smallest absolute Gasteiger partial charge is 0.306 e. The Morgan fingerprint density at radius 2 is 1.53 bits per heavy atom. The van der Waals surface area contributed by atoms with Gasteiger partial charge in [0.15, 0.2) is 0 Å². The maximum Gasteiger partial charge on any atom is 0.330 e. The van der Waals surface area contributed by atoms with Crippen LogP contribution in [0.4, 0.5) is 10.5 Å². The molecule has 0 fully saturated rings. The van der Waals surface area contributed by atoms with Crippen molar-refractivity contribution in [1.29, 1.82) is 0 Å². The summed E-state index contributed by atoms with van der Waals surface area (Å²) in [7, 11) is 0. The van der Waals surface area contributed by atoms with Gasteiger partial charge in [0.1, 0.15) is 0 Å². The summed E-state index contributed by atoms with van der Waals surface area (Å²) in [5, 5.41) is 5.35. The first-order valence-corrected chi connectivity index (χ1v) is 6.24. The maximum absolute atomic E-state index is 12.1. The third-order valence-corrected chi connectivity index (χ3v) is 3.23. The molecule has 0 aliphatic carbocycles. The lowest BCUT2D eigenvalue weighted by Crippen LogP contribution is -2.17. The Morgan fingerprint density at radius 1 is 0.947 bits per heavy atom. The van der Waals surface area contributed by atoms with Crippen molar-refractivity contribution in [2.75, 3.05) is 5.32 Å². The Labute approximate surface area is 115 Å². The summed E-state index contributed by atoms with van der Waals surface area (Å²) in [4.78, 5) is 12.1. The lowest BCUT2D eigenvalue weighted by molar-refractivity contribution is 0.253. The number of para-hydroxylation sites is 1. The van der Waals surface area contributed by atoms with E-state index in [4.69, 9.17) is 11.6 Å². The fraction of sp³-hybridized carbons (Fsp3) is 0. The van der Waals surface area contributed by atoms with Gasteiger partial charge in [-0.3, -0.25) is 4.57 Å². The van der Waals surface area contributed by atoms with Gasteiger partial charge in [0.05, 0.1) is 10.7 Å². The number of anilines is 1. The summed E-state index contributed by atoms with van der Waals surface area (Å²) in [6.07, 6.45) is 3.59. The van der Waals surface area contributed by atoms with Crippen LogP contribution in [0.25, 0.3) is 10.8 Å². The number of halogens is 1. The van der Waals surface area contributed by atoms with Crippen molar-refractivity contribution in [3.63, 3.8) is 0 Å². The van der Waals surface area contributed by atoms with Gasteiger partial charge >= 0.3 is 6.03 Å². The van der Waals surface area contributed by atoms with E-state index in [1.807, 2.05) is 36.4 Å². The largest absolute Gasteiger partial charge is 0.330 e. The molecule has 0 radical (unpaired) electrons. The molecule has 1 amide bonds. The maximum atomic E-state index is 12.1. The number of carbonyl (C=O) groups excluding carboxylic acids is 1. The summed E-state index contributed by atoms with van der Waals surface area (Å²) in [5.41, 5.74) is 0.604. The zero-order chi connectivity index (χ0) is 13.2. The van der Waals surface area contributed by atoms with Gasteiger partial charge in [-0.2, -0.15) is 0 Å². The van der Waals surface area contributed by atoms with E-state index >= 15 is 0 Å². The Kier molecular flexibility index (Phi) is 2.97. The Balaban J connectivity index is 1.90. The van der Waals surface area contributed by atoms with Crippen molar-refractivity contribution in [3.8, 4) is 0 Å². The van der Waals surface area contributed by atoms with Gasteiger partial charge in [-0.1, -0.05) is 48.0 Å². The van der Waals surface area contributed by atoms with E-state index in [0.29, 0.717) is 10.7 Å². The number of hydrogen-bond donors (Lipinski definition) is 1. The predicted octanol–water partition coefficient (Wildman–Crippen LogP) is 4.37. The van der Waals surface area contributed by atoms with Crippen LogP contribution in [-0.4, -0.2) is 10.6 Å². The number of rotatable bonds is 1. The quantitative estimate of drug-likeness (QED) is 0.700. The molecular weight excluding hydrogens is 260 g/mol. The fourth-order valence-electron chi connectivity index (χ4n) is 1.94. The van der Waals surface area contributed by atoms with E-state index in [2.05, 4.69) is 5.32 Å². The van der Waals surface area contributed by atoms with Gasteiger partial charge in [0.2, 0.25) is 0 Å². The fourth-order valence-corrected chi connectivity index (χ4v) is 2.13. The zero-order valence-corrected chi connectivity index (χ0v) is 10.8. The highest BCUT2D eigenvalue weighted by molar-refractivity contribution is 6.33. The summed E-state index contributed by atoms with van der Waals surface area (Å²) in [6, 6.07) is 14.7. The second-order valence-corrected chi connectivity index (χ2v) is 4.61. The van der Waals surface area contributed by atoms with E-state index in [0.717, 1.165) is 10.8 Å². The third kappa shape index (κ3) is 2.33. The first-order chi connectivity index (χ1) is 9.24. The van der Waals surface area contributed by atoms with E-state index in [1.165, 1.54) is 4.57 Å². The van der Waals surface area contributed by atoms with Crippen LogP contribution in [0.5, 0.6) is 0 Å². The van der Waals surface area contributed by atoms with Gasteiger partial charge in [0.25, 0.3) is 0 Å². The minimum absolute atomic E-state index is 0.232. The van der Waals surface area contributed by atoms with Gasteiger partial charge < -0.3 is 5.32 Å². The monoisotopic (exact) mass is 270 g/mol. The topological polar surface area (TPSA) is 34.0 Å². The molecule has 3 nitrogen and oxygen atoms in total. The molecule has 94 valence electrons. The Bertz CT molecular complexity index is 715. The normalized spacial score (nSPS) is 10.6. The van der Waals surface area contributed by atoms with Crippen molar-refractivity contribution in [2.45, 2.75) is 0 Å². The van der Waals surface area contributed by atoms with Crippen LogP contribution in [0.2, 0.25) is 5.02 Å². The molecule has 3 rings (SSSR count). The third-order valence-electron chi connectivity index (χ3n) is 2.90. The van der Waals surface area contributed by atoms with Gasteiger partial charge in [-0.15, -0.1) is 0 Å². The average Bonchev–Trinajstić information content (AvgIpc) is 2.85. The minimum Gasteiger partial charge on any atom is -0.306 e. The highest BCUT2D eigenvalue weighted by atomic mass is 35.5. The molecule has 0 aliphatic heterocycles. The van der Waals surface area contributed by atoms with Crippen LogP contribution in [0.1, 0.15) is 0 Å². The molecular formula is C15H11ClN2O. The molecule has 1 aromatic heterocycles. The van der Waals surface area contributed by atoms with Crippen LogP contribution >= 0.6 is 11.6 Å². The second-order valence-electron chi connectivity index (χ2n) is 4.20. The molecule has 1 heterocycles. The second kappa shape index (κ2) is 4.78. The average molecular weight is 271 g/mol. The van der Waals surface area contributed by atoms with Gasteiger partial charge in [-0.05, 0) is 22.9 Å². The molecule has 0 atom stereocenters. The molecule has 0 bridgehead atoms. The number of aromatic nitrogens is 1. The van der Waals surface area contributed by atoms with E-state index in [-0.39, 0.29) is 6.03 Å². The number of nitrogens with one attached hydrogen (secondary N) is 1. The lowest BCUT2D eigenvalue weighted by Gasteiger charge is -2.06. The molecule has 0 spiro atoms. The molecule has 0 unspecified atom stereocenters. The highest BCUT2D eigenvalue weighted by Gasteiger charge is 2.08. The summed E-state index contributed by atoms with van der Waals surface area (Å²) < 4.78 is 1.52. The number of nitrogens with zero attached hydrogens (tertiary/aromatic N) is 1. The van der Waals surface area contributed by atoms with Crippen molar-refractivity contribution >= 4 is 34.1 Å². The number of amides is 1. The SMILES string of the molecule is O=C(Nc1ccccc1Cl)n1cc2ccccc2c1. The van der Waals surface area contributed by atoms with Crippen LogP contribution in [0, 0.1) is 0 Å². The number of carbonyl (C=O) groups is 1. The van der Waals surface area contributed by atoms with Crippen LogP contribution in [0.15, 0.2) is 60.9 Å². The van der Waals surface area contributed by atoms with E-state index < -0.39 is 0 Å². The first kappa shape index (κ1) is 11.8. The van der Waals surface area contributed by atoms with E-state index in [1.54, 1.807) is 24.5 Å². The minimum atomic E-state index is -0.232. The number of hydrogen-bond acceptors (Lipinski definition) is 1. The Morgan fingerprint density at radius 3 is 2.16 bits per heavy atom. The lowest BCUT2D eigenvalue weighted by atomic mass is 10.2. The molecule has 4 heteroatoms. The van der Waals surface area contributed by atoms with Crippen molar-refractivity contribution < 1.29 is 4.79 Å². The molecule has 3 aromatic rings. The number of fused-ring (bicyclic) bond motifs is 1. The standard InChI is InChI=1S/C15H11ClN2O/c16-13-7-3-4-8-14(13)17-15(19)18-9-11-5-1-2-6-12(11)10-18/h1-10H,(H,17,19). The predicted molar refractivity (Wildman–Crippen MR) is 77.8 cm³/mol. The van der Waals surface area contributed by atoms with Gasteiger partial charge in [-0.25, -0.2) is 4.79 Å². The number of benzene rings is 2. The van der Waals surface area contributed by atoms with Crippen LogP contribution in [0.3, 0.4) is 0 Å². The zero-order valence-electron chi connectivity index (χ0n) is 10.0. The van der Waals surface area contributed by atoms with Crippen molar-refractivity contribution in [2.24, 2.45) is 0 Å². The molecule has 0 saturated carbocycles. The summed E-state index contributed by atoms with van der Waals surface area (Å²) in [6.45, 7) is 0. The highest BCUT2D eigenvalue weighted by Crippen LogP contribution is 2.21. The molecule has 0 saturated heterocycles. The molecule has 0 aliphatic rings. The summed E-state index contributed by atoms with van der Waals surface area (Å²) >= 11 is 6.01. The van der Waals surface area contributed by atoms with Crippen LogP contribution < -0.4 is 5.32 Å². The van der Waals surface area contributed by atoms with E-state index in [9.17, 15) is 4.79 Å². The summed E-state index contributed by atoms with van der Waals surface area (Å²) in [5.74, 6) is 0. The molecule has 2 aromatic carbocycles. The molecule has 19 heavy (non-hydrogen) atoms. The Hall–Kier alpha value is -2.26. The first-order valence-electron chi connectivity index (χ1n) is 5.87. The van der Waals surface area contributed by atoms with Crippen LogP contribution in [-0.2, 0) is 0 Å². The molecule has 1 N–H and O–H groups in total.